The van der Waals surface area contributed by atoms with Gasteiger partial charge in [0.2, 0.25) is 21.8 Å². The Kier molecular flexibility index (Phi) is 10.8. The number of carbonyl (C=O) groups excluding carboxylic acids is 2. The zero-order valence-electron chi connectivity index (χ0n) is 20.8. The van der Waals surface area contributed by atoms with Gasteiger partial charge in [-0.05, 0) is 49.1 Å². The van der Waals surface area contributed by atoms with E-state index in [1.807, 2.05) is 38.1 Å². The van der Waals surface area contributed by atoms with Gasteiger partial charge in [-0.2, -0.15) is 0 Å². The first-order valence-electron chi connectivity index (χ1n) is 11.5. The molecule has 1 atom stereocenters. The summed E-state index contributed by atoms with van der Waals surface area (Å²) >= 11 is 3.38. The van der Waals surface area contributed by atoms with Crippen LogP contribution in [0.1, 0.15) is 39.2 Å². The molecular formula is C25H32BrF2N3O4S. The quantitative estimate of drug-likeness (QED) is 0.397. The van der Waals surface area contributed by atoms with Crippen LogP contribution in [-0.2, 0) is 26.2 Å². The average Bonchev–Trinajstić information content (AvgIpc) is 2.80. The molecule has 0 unspecified atom stereocenters. The minimum absolute atomic E-state index is 0.0306. The number of hydrogen-bond acceptors (Lipinski definition) is 4. The Hall–Kier alpha value is -2.53. The maximum atomic E-state index is 13.7. The van der Waals surface area contributed by atoms with Crippen molar-refractivity contribution in [3.05, 3.63) is 64.1 Å². The van der Waals surface area contributed by atoms with Crippen molar-refractivity contribution in [2.24, 2.45) is 5.92 Å². The predicted molar refractivity (Wildman–Crippen MR) is 140 cm³/mol. The van der Waals surface area contributed by atoms with Gasteiger partial charge in [-0.15, -0.1) is 0 Å². The second-order valence-corrected chi connectivity index (χ2v) is 11.8. The third-order valence-electron chi connectivity index (χ3n) is 5.46. The number of amides is 2. The number of nitrogens with zero attached hydrogens (tertiary/aromatic N) is 2. The Balaban J connectivity index is 2.17. The maximum absolute atomic E-state index is 13.7. The van der Waals surface area contributed by atoms with E-state index < -0.39 is 27.7 Å². The van der Waals surface area contributed by atoms with E-state index in [4.69, 9.17) is 0 Å². The van der Waals surface area contributed by atoms with Gasteiger partial charge in [0, 0.05) is 36.6 Å². The number of anilines is 1. The van der Waals surface area contributed by atoms with Gasteiger partial charge < -0.3 is 10.2 Å². The van der Waals surface area contributed by atoms with Crippen LogP contribution in [-0.4, -0.2) is 50.5 Å². The molecule has 0 radical (unpaired) electrons. The molecule has 0 aliphatic rings. The van der Waals surface area contributed by atoms with Gasteiger partial charge in [0.15, 0.2) is 11.6 Å². The van der Waals surface area contributed by atoms with Crippen LogP contribution in [0.5, 0.6) is 0 Å². The van der Waals surface area contributed by atoms with Crippen molar-refractivity contribution < 1.29 is 26.8 Å². The van der Waals surface area contributed by atoms with Gasteiger partial charge in [-0.1, -0.05) is 41.9 Å². The van der Waals surface area contributed by atoms with Gasteiger partial charge in [0.05, 0.1) is 11.9 Å². The highest BCUT2D eigenvalue weighted by Crippen LogP contribution is 2.22. The Bertz CT molecular complexity index is 1160. The zero-order chi connectivity index (χ0) is 27.0. The minimum atomic E-state index is -3.81. The smallest absolute Gasteiger partial charge is 0.242 e. The fraction of sp³-hybridized carbons (Fsp3) is 0.440. The lowest BCUT2D eigenvalue weighted by atomic mass is 10.1. The predicted octanol–water partition coefficient (Wildman–Crippen LogP) is 4.46. The Labute approximate surface area is 220 Å². The summed E-state index contributed by atoms with van der Waals surface area (Å²) in [5.41, 5.74) is 0.798. The summed E-state index contributed by atoms with van der Waals surface area (Å²) in [6.07, 6.45) is 1.02. The number of sulfonamides is 1. The van der Waals surface area contributed by atoms with Crippen LogP contribution in [0, 0.1) is 17.6 Å². The number of halogens is 3. The van der Waals surface area contributed by atoms with Gasteiger partial charge in [0.25, 0.3) is 0 Å². The normalized spacial score (nSPS) is 12.3. The number of hydrogen-bond donors (Lipinski definition) is 1. The molecule has 2 aromatic carbocycles. The van der Waals surface area contributed by atoms with Crippen LogP contribution in [0.15, 0.2) is 46.9 Å². The van der Waals surface area contributed by atoms with Crippen molar-refractivity contribution in [3.63, 3.8) is 0 Å². The molecule has 198 valence electrons. The first-order valence-corrected chi connectivity index (χ1v) is 14.2. The lowest BCUT2D eigenvalue weighted by molar-refractivity contribution is -0.140. The molecule has 2 amide bonds. The summed E-state index contributed by atoms with van der Waals surface area (Å²) in [5.74, 6) is -2.62. The van der Waals surface area contributed by atoms with E-state index in [1.165, 1.54) is 11.0 Å². The van der Waals surface area contributed by atoms with Crippen molar-refractivity contribution in [3.8, 4) is 0 Å². The molecule has 0 aromatic heterocycles. The molecule has 1 N–H and O–H groups in total. The van der Waals surface area contributed by atoms with Gasteiger partial charge >= 0.3 is 0 Å². The molecule has 36 heavy (non-hydrogen) atoms. The summed E-state index contributed by atoms with van der Waals surface area (Å²) < 4.78 is 53.4. The summed E-state index contributed by atoms with van der Waals surface area (Å²) in [6, 6.07) is 9.44. The minimum Gasteiger partial charge on any atom is -0.354 e. The standard InChI is InChI=1S/C25H32BrF2N3O4S/c1-17(2)15-29-25(33)18(3)30(16-19-7-9-20(26)10-8-19)24(32)6-5-13-31(36(4,34)35)21-11-12-22(27)23(28)14-21/h7-12,14,17-18H,5-6,13,15-16H2,1-4H3,(H,29,33)/t18-/m0/s1. The van der Waals surface area contributed by atoms with Crippen LogP contribution in [0.3, 0.4) is 0 Å². The Morgan fingerprint density at radius 2 is 1.67 bits per heavy atom. The maximum Gasteiger partial charge on any atom is 0.242 e. The molecule has 0 spiro atoms. The molecule has 0 fully saturated rings. The second kappa shape index (κ2) is 13.1. The highest BCUT2D eigenvalue weighted by Gasteiger charge is 2.27. The van der Waals surface area contributed by atoms with Gasteiger partial charge in [0.1, 0.15) is 6.04 Å². The SMILES string of the molecule is CC(C)CNC(=O)[C@H](C)N(Cc1ccc(Br)cc1)C(=O)CCCN(c1ccc(F)c(F)c1)S(C)(=O)=O. The van der Waals surface area contributed by atoms with Gasteiger partial charge in [-0.25, -0.2) is 17.2 Å². The largest absolute Gasteiger partial charge is 0.354 e. The summed E-state index contributed by atoms with van der Waals surface area (Å²) in [7, 11) is -3.81. The molecule has 2 aromatic rings. The van der Waals surface area contributed by atoms with Crippen molar-refractivity contribution in [2.75, 3.05) is 23.7 Å². The van der Waals surface area contributed by atoms with Crippen LogP contribution < -0.4 is 9.62 Å². The fourth-order valence-electron chi connectivity index (χ4n) is 3.47. The molecule has 7 nitrogen and oxygen atoms in total. The Morgan fingerprint density at radius 1 is 1.03 bits per heavy atom. The van der Waals surface area contributed by atoms with E-state index in [-0.39, 0.29) is 49.4 Å². The van der Waals surface area contributed by atoms with E-state index in [0.717, 1.165) is 32.7 Å². The summed E-state index contributed by atoms with van der Waals surface area (Å²) in [5, 5.41) is 2.84. The third-order valence-corrected chi connectivity index (χ3v) is 7.18. The lowest BCUT2D eigenvalue weighted by Crippen LogP contribution is -2.48. The topological polar surface area (TPSA) is 86.8 Å². The molecule has 11 heteroatoms. The summed E-state index contributed by atoms with van der Waals surface area (Å²) in [6.45, 7) is 6.14. The molecule has 0 aliphatic carbocycles. The number of carbonyl (C=O) groups is 2. The average molecular weight is 589 g/mol. The number of nitrogens with one attached hydrogen (secondary N) is 1. The van der Waals surface area contributed by atoms with Crippen molar-refractivity contribution >= 4 is 43.5 Å². The van der Waals surface area contributed by atoms with Crippen LogP contribution >= 0.6 is 15.9 Å². The highest BCUT2D eigenvalue weighted by molar-refractivity contribution is 9.10. The Morgan fingerprint density at radius 3 is 2.22 bits per heavy atom. The van der Waals surface area contributed by atoms with Crippen molar-refractivity contribution in [2.45, 2.75) is 46.2 Å². The first-order chi connectivity index (χ1) is 16.8. The van der Waals surface area contributed by atoms with Crippen molar-refractivity contribution in [1.29, 1.82) is 0 Å². The van der Waals surface area contributed by atoms with Crippen LogP contribution in [0.2, 0.25) is 0 Å². The molecule has 0 aliphatic heterocycles. The molecule has 0 saturated carbocycles. The third kappa shape index (κ3) is 8.85. The second-order valence-electron chi connectivity index (χ2n) is 9.00. The summed E-state index contributed by atoms with van der Waals surface area (Å²) in [4.78, 5) is 27.4. The van der Waals surface area contributed by atoms with E-state index in [0.29, 0.717) is 6.54 Å². The van der Waals surface area contributed by atoms with Crippen LogP contribution in [0.4, 0.5) is 14.5 Å². The highest BCUT2D eigenvalue weighted by atomic mass is 79.9. The van der Waals surface area contributed by atoms with E-state index in [9.17, 15) is 26.8 Å². The first kappa shape index (κ1) is 29.7. The molecule has 0 heterocycles. The van der Waals surface area contributed by atoms with Crippen molar-refractivity contribution in [1.82, 2.24) is 10.2 Å². The monoisotopic (exact) mass is 587 g/mol. The molecular weight excluding hydrogens is 556 g/mol. The number of benzene rings is 2. The van der Waals surface area contributed by atoms with Gasteiger partial charge in [-0.3, -0.25) is 13.9 Å². The number of rotatable bonds is 12. The van der Waals surface area contributed by atoms with E-state index in [2.05, 4.69) is 21.2 Å². The molecule has 2 rings (SSSR count). The zero-order valence-corrected chi connectivity index (χ0v) is 23.2. The fourth-order valence-corrected chi connectivity index (χ4v) is 4.69. The van der Waals surface area contributed by atoms with E-state index >= 15 is 0 Å². The van der Waals surface area contributed by atoms with E-state index in [1.54, 1.807) is 6.92 Å². The lowest BCUT2D eigenvalue weighted by Gasteiger charge is -2.29. The molecule has 0 bridgehead atoms. The van der Waals surface area contributed by atoms with Crippen LogP contribution in [0.25, 0.3) is 0 Å². The molecule has 0 saturated heterocycles.